The Balaban J connectivity index is 1.51. The van der Waals surface area contributed by atoms with Crippen LogP contribution in [-0.2, 0) is 16.1 Å². The van der Waals surface area contributed by atoms with Gasteiger partial charge in [-0.1, -0.05) is 59.8 Å². The molecule has 0 aliphatic carbocycles. The Morgan fingerprint density at radius 2 is 1.71 bits per heavy atom. The summed E-state index contributed by atoms with van der Waals surface area (Å²) in [5.41, 5.74) is 3.48. The van der Waals surface area contributed by atoms with Crippen LogP contribution in [0.3, 0.4) is 0 Å². The Morgan fingerprint density at radius 3 is 2.40 bits per heavy atom. The van der Waals surface area contributed by atoms with E-state index in [1.165, 1.54) is 18.9 Å². The number of nitrogens with one attached hydrogen (secondary N) is 1. The lowest BCUT2D eigenvalue weighted by atomic mass is 10.1. The van der Waals surface area contributed by atoms with E-state index in [1.54, 1.807) is 30.2 Å². The molecular weight excluding hydrogens is 462 g/mol. The van der Waals surface area contributed by atoms with Crippen LogP contribution in [0.15, 0.2) is 77.8 Å². The fourth-order valence-electron chi connectivity index (χ4n) is 3.65. The number of ether oxygens (including phenoxy) is 2. The van der Waals surface area contributed by atoms with Crippen molar-refractivity contribution in [3.05, 3.63) is 83.9 Å². The monoisotopic (exact) mass is 489 g/mol. The molecule has 0 aromatic heterocycles. The Morgan fingerprint density at radius 1 is 1.00 bits per heavy atom. The third kappa shape index (κ3) is 6.02. The molecule has 0 saturated carbocycles. The van der Waals surface area contributed by atoms with Crippen molar-refractivity contribution < 1.29 is 19.1 Å². The number of carbonyl (C=O) groups excluding carboxylic acids is 2. The summed E-state index contributed by atoms with van der Waals surface area (Å²) in [6, 6.07) is 22.7. The molecule has 1 fully saturated rings. The van der Waals surface area contributed by atoms with E-state index in [9.17, 15) is 9.59 Å². The van der Waals surface area contributed by atoms with Crippen molar-refractivity contribution >= 4 is 40.1 Å². The van der Waals surface area contributed by atoms with Crippen LogP contribution in [0, 0.1) is 6.92 Å². The highest BCUT2D eigenvalue weighted by molar-refractivity contribution is 8.15. The summed E-state index contributed by atoms with van der Waals surface area (Å²) in [6.45, 7) is 2.42. The van der Waals surface area contributed by atoms with E-state index in [0.29, 0.717) is 28.9 Å². The Kier molecular flexibility index (Phi) is 7.72. The van der Waals surface area contributed by atoms with Crippen molar-refractivity contribution in [2.24, 2.45) is 4.99 Å². The summed E-state index contributed by atoms with van der Waals surface area (Å²) in [5.74, 6) is 0.686. The van der Waals surface area contributed by atoms with Crippen molar-refractivity contribution in [3.8, 4) is 11.5 Å². The van der Waals surface area contributed by atoms with Crippen LogP contribution in [0.25, 0.3) is 0 Å². The zero-order valence-corrected chi connectivity index (χ0v) is 20.7. The zero-order chi connectivity index (χ0) is 24.8. The summed E-state index contributed by atoms with van der Waals surface area (Å²) < 4.78 is 10.5. The average molecular weight is 490 g/mol. The molecule has 3 aromatic carbocycles. The number of para-hydroxylation sites is 1. The molecule has 180 valence electrons. The second-order valence-corrected chi connectivity index (χ2v) is 9.24. The highest BCUT2D eigenvalue weighted by Gasteiger charge is 2.39. The fraction of sp³-hybridized carbons (Fsp3) is 0.222. The van der Waals surface area contributed by atoms with Gasteiger partial charge < -0.3 is 14.8 Å². The number of amides is 2. The van der Waals surface area contributed by atoms with E-state index >= 15 is 0 Å². The van der Waals surface area contributed by atoms with Crippen LogP contribution in [0.1, 0.15) is 17.5 Å². The first kappa shape index (κ1) is 24.3. The first-order chi connectivity index (χ1) is 17.0. The minimum absolute atomic E-state index is 0.0239. The third-order valence-corrected chi connectivity index (χ3v) is 6.68. The molecule has 35 heavy (non-hydrogen) atoms. The molecule has 0 spiro atoms. The molecule has 0 unspecified atom stereocenters. The maximum Gasteiger partial charge on any atom is 0.242 e. The standard InChI is InChI=1S/C27H27N3O4S/c1-18-9-11-19(12-10-18)17-30-26(32)24(35-27(30)29-20-7-5-4-6-8-20)16-25(31)28-21-13-14-22(33-2)23(15-21)34-3/h4-15,24H,16-17H2,1-3H3,(H,28,31)/t24-/m0/s1. The molecule has 7 nitrogen and oxygen atoms in total. The smallest absolute Gasteiger partial charge is 0.242 e. The number of rotatable bonds is 8. The topological polar surface area (TPSA) is 80.2 Å². The van der Waals surface area contributed by atoms with E-state index in [2.05, 4.69) is 5.32 Å². The molecule has 1 atom stereocenters. The lowest BCUT2D eigenvalue weighted by Gasteiger charge is -2.17. The number of hydrogen-bond donors (Lipinski definition) is 1. The number of aliphatic imine (C=N–C) groups is 1. The van der Waals surface area contributed by atoms with Gasteiger partial charge in [-0.05, 0) is 36.8 Å². The van der Waals surface area contributed by atoms with Gasteiger partial charge in [-0.25, -0.2) is 4.99 Å². The second kappa shape index (κ2) is 11.1. The number of aryl methyl sites for hydroxylation is 1. The molecule has 2 amide bonds. The Hall–Kier alpha value is -3.78. The van der Waals surface area contributed by atoms with Gasteiger partial charge in [-0.3, -0.25) is 14.5 Å². The summed E-state index contributed by atoms with van der Waals surface area (Å²) in [6.07, 6.45) is 0.0239. The zero-order valence-electron chi connectivity index (χ0n) is 19.9. The molecule has 0 radical (unpaired) electrons. The third-order valence-electron chi connectivity index (χ3n) is 5.50. The number of benzene rings is 3. The van der Waals surface area contributed by atoms with E-state index in [1.807, 2.05) is 61.5 Å². The van der Waals surface area contributed by atoms with Gasteiger partial charge in [0.05, 0.1) is 26.5 Å². The maximum atomic E-state index is 13.4. The van der Waals surface area contributed by atoms with Gasteiger partial charge in [-0.15, -0.1) is 0 Å². The number of methoxy groups -OCH3 is 2. The summed E-state index contributed by atoms with van der Waals surface area (Å²) in [4.78, 5) is 32.6. The quantitative estimate of drug-likeness (QED) is 0.472. The SMILES string of the molecule is COc1ccc(NC(=O)C[C@@H]2SC(=Nc3ccccc3)N(Cc3ccc(C)cc3)C2=O)cc1OC. The van der Waals surface area contributed by atoms with E-state index < -0.39 is 5.25 Å². The molecule has 3 aromatic rings. The number of anilines is 1. The summed E-state index contributed by atoms with van der Waals surface area (Å²) >= 11 is 1.32. The molecular formula is C27H27N3O4S. The molecule has 4 rings (SSSR count). The predicted molar refractivity (Wildman–Crippen MR) is 139 cm³/mol. The highest BCUT2D eigenvalue weighted by atomic mass is 32.2. The number of carbonyl (C=O) groups is 2. The largest absolute Gasteiger partial charge is 0.493 e. The van der Waals surface area contributed by atoms with Gasteiger partial charge in [-0.2, -0.15) is 0 Å². The van der Waals surface area contributed by atoms with Crippen LogP contribution in [-0.4, -0.2) is 41.4 Å². The minimum Gasteiger partial charge on any atom is -0.493 e. The lowest BCUT2D eigenvalue weighted by Crippen LogP contribution is -2.33. The summed E-state index contributed by atoms with van der Waals surface area (Å²) in [5, 5.41) is 2.87. The Bertz CT molecular complexity index is 1230. The van der Waals surface area contributed by atoms with Crippen molar-refractivity contribution in [2.45, 2.75) is 25.1 Å². The highest BCUT2D eigenvalue weighted by Crippen LogP contribution is 2.34. The van der Waals surface area contributed by atoms with Crippen LogP contribution in [0.2, 0.25) is 0 Å². The number of nitrogens with zero attached hydrogens (tertiary/aromatic N) is 2. The predicted octanol–water partition coefficient (Wildman–Crippen LogP) is 5.17. The molecule has 8 heteroatoms. The maximum absolute atomic E-state index is 13.4. The van der Waals surface area contributed by atoms with E-state index in [4.69, 9.17) is 14.5 Å². The number of amidine groups is 1. The Labute approximate surface area is 209 Å². The minimum atomic E-state index is -0.567. The summed E-state index contributed by atoms with van der Waals surface area (Å²) in [7, 11) is 3.09. The molecule has 1 aliphatic rings. The fourth-order valence-corrected chi connectivity index (χ4v) is 4.81. The van der Waals surface area contributed by atoms with Gasteiger partial charge in [0.2, 0.25) is 11.8 Å². The van der Waals surface area contributed by atoms with E-state index in [-0.39, 0.29) is 18.2 Å². The average Bonchev–Trinajstić information content (AvgIpc) is 3.14. The van der Waals surface area contributed by atoms with E-state index in [0.717, 1.165) is 16.8 Å². The van der Waals surface area contributed by atoms with Crippen molar-refractivity contribution in [3.63, 3.8) is 0 Å². The van der Waals surface area contributed by atoms with Crippen molar-refractivity contribution in [1.82, 2.24) is 4.90 Å². The van der Waals surface area contributed by atoms with Gasteiger partial charge in [0.1, 0.15) is 5.25 Å². The lowest BCUT2D eigenvalue weighted by molar-refractivity contribution is -0.128. The molecule has 1 saturated heterocycles. The number of hydrogen-bond acceptors (Lipinski definition) is 6. The van der Waals surface area contributed by atoms with Crippen LogP contribution in [0.5, 0.6) is 11.5 Å². The van der Waals surface area contributed by atoms with Crippen LogP contribution < -0.4 is 14.8 Å². The van der Waals surface area contributed by atoms with Gasteiger partial charge in [0.25, 0.3) is 0 Å². The first-order valence-electron chi connectivity index (χ1n) is 11.2. The number of thioether (sulfide) groups is 1. The molecule has 1 N–H and O–H groups in total. The molecule has 0 bridgehead atoms. The van der Waals surface area contributed by atoms with Crippen molar-refractivity contribution in [2.75, 3.05) is 19.5 Å². The van der Waals surface area contributed by atoms with Gasteiger partial charge >= 0.3 is 0 Å². The van der Waals surface area contributed by atoms with Crippen molar-refractivity contribution in [1.29, 1.82) is 0 Å². The van der Waals surface area contributed by atoms with Gasteiger partial charge in [0.15, 0.2) is 16.7 Å². The van der Waals surface area contributed by atoms with Crippen LogP contribution >= 0.6 is 11.8 Å². The molecule has 1 heterocycles. The molecule has 1 aliphatic heterocycles. The first-order valence-corrected chi connectivity index (χ1v) is 12.0. The van der Waals surface area contributed by atoms with Gasteiger partial charge in [0, 0.05) is 18.2 Å². The normalized spacial score (nSPS) is 16.4. The van der Waals surface area contributed by atoms with Crippen LogP contribution in [0.4, 0.5) is 11.4 Å². The second-order valence-electron chi connectivity index (χ2n) is 8.07.